The van der Waals surface area contributed by atoms with Gasteiger partial charge in [0, 0.05) is 43.5 Å². The topological polar surface area (TPSA) is 137 Å². The number of nitrogens with one attached hydrogen (secondary N) is 3. The van der Waals surface area contributed by atoms with Gasteiger partial charge < -0.3 is 25.4 Å². The number of sulfonamides is 1. The lowest BCUT2D eigenvalue weighted by Crippen LogP contribution is -2.43. The van der Waals surface area contributed by atoms with E-state index in [1.807, 2.05) is 12.1 Å². The monoisotopic (exact) mass is 510 g/mol. The molecule has 4 rings (SSSR count). The van der Waals surface area contributed by atoms with Crippen molar-refractivity contribution in [2.75, 3.05) is 47.7 Å². The van der Waals surface area contributed by atoms with Crippen LogP contribution in [0.5, 0.6) is 5.75 Å². The van der Waals surface area contributed by atoms with Crippen molar-refractivity contribution in [3.63, 3.8) is 0 Å². The van der Waals surface area contributed by atoms with E-state index in [0.29, 0.717) is 5.56 Å². The fourth-order valence-electron chi connectivity index (χ4n) is 3.70. The highest BCUT2D eigenvalue weighted by Gasteiger charge is 2.19. The predicted molar refractivity (Wildman–Crippen MR) is 136 cm³/mol. The minimum atomic E-state index is -3.99. The largest absolute Gasteiger partial charge is 0.482 e. The number of rotatable bonds is 9. The van der Waals surface area contributed by atoms with Crippen molar-refractivity contribution in [3.8, 4) is 5.75 Å². The number of nitrogens with zero attached hydrogens (tertiary/aromatic N) is 1. The van der Waals surface area contributed by atoms with Crippen molar-refractivity contribution in [1.82, 2.24) is 5.32 Å². The number of carboxylic acid groups (broad SMARTS) is 1. The lowest BCUT2D eigenvalue weighted by Gasteiger charge is -2.29. The Balaban J connectivity index is 1.56. The highest BCUT2D eigenvalue weighted by molar-refractivity contribution is 7.92. The summed E-state index contributed by atoms with van der Waals surface area (Å²) in [7, 11) is -3.99. The van der Waals surface area contributed by atoms with E-state index < -0.39 is 28.5 Å². The Morgan fingerprint density at radius 2 is 1.64 bits per heavy atom. The van der Waals surface area contributed by atoms with Crippen LogP contribution < -0.4 is 25.0 Å². The molecule has 0 radical (unpaired) electrons. The zero-order chi connectivity index (χ0) is 25.5. The van der Waals surface area contributed by atoms with Gasteiger partial charge in [-0.05, 0) is 48.5 Å². The number of ether oxygens (including phenoxy) is 1. The average molecular weight is 511 g/mol. The van der Waals surface area contributed by atoms with Crippen LogP contribution in [0.2, 0.25) is 0 Å². The standard InChI is InChI=1S/C25H26N4O6S/c30-24(31)17-35-20-10-11-22(23(16-20)28-36(33,34)21-4-2-1-3-5-21)27-25(32)18-6-8-19(9-7-18)29-14-12-26-13-15-29/h1-11,16,26,28H,12-15,17H2,(H,27,32)(H,30,31). The highest BCUT2D eigenvalue weighted by Crippen LogP contribution is 2.30. The van der Waals surface area contributed by atoms with Gasteiger partial charge >= 0.3 is 5.97 Å². The van der Waals surface area contributed by atoms with Crippen LogP contribution >= 0.6 is 0 Å². The zero-order valence-electron chi connectivity index (χ0n) is 19.3. The molecule has 11 heteroatoms. The SMILES string of the molecule is O=C(O)COc1ccc(NC(=O)c2ccc(N3CCNCC3)cc2)c(NS(=O)(=O)c2ccccc2)c1. The first-order chi connectivity index (χ1) is 17.3. The third-order valence-electron chi connectivity index (χ3n) is 5.51. The van der Waals surface area contributed by atoms with Crippen LogP contribution in [0.4, 0.5) is 17.1 Å². The molecule has 0 aliphatic carbocycles. The Bertz CT molecular complexity index is 1320. The first-order valence-corrected chi connectivity index (χ1v) is 12.7. The normalized spacial score (nSPS) is 13.6. The van der Waals surface area contributed by atoms with Crippen molar-refractivity contribution in [1.29, 1.82) is 0 Å². The van der Waals surface area contributed by atoms with E-state index in [1.165, 1.54) is 30.3 Å². The molecule has 1 saturated heterocycles. The van der Waals surface area contributed by atoms with Crippen LogP contribution in [-0.4, -0.2) is 58.2 Å². The molecule has 10 nitrogen and oxygen atoms in total. The molecule has 188 valence electrons. The summed E-state index contributed by atoms with van der Waals surface area (Å²) in [6.07, 6.45) is 0. The molecule has 1 aliphatic heterocycles. The van der Waals surface area contributed by atoms with E-state index in [2.05, 4.69) is 20.3 Å². The quantitative estimate of drug-likeness (QED) is 0.345. The lowest BCUT2D eigenvalue weighted by molar-refractivity contribution is -0.139. The fraction of sp³-hybridized carbons (Fsp3) is 0.200. The van der Waals surface area contributed by atoms with E-state index in [1.54, 1.807) is 30.3 Å². The van der Waals surface area contributed by atoms with Gasteiger partial charge in [0.1, 0.15) is 5.75 Å². The number of benzene rings is 3. The van der Waals surface area contributed by atoms with Gasteiger partial charge in [0.05, 0.1) is 16.3 Å². The van der Waals surface area contributed by atoms with Gasteiger partial charge in [-0.25, -0.2) is 13.2 Å². The summed E-state index contributed by atoms with van der Waals surface area (Å²) in [6.45, 7) is 2.96. The number of carboxylic acids is 1. The lowest BCUT2D eigenvalue weighted by atomic mass is 10.1. The summed E-state index contributed by atoms with van der Waals surface area (Å²) in [5.74, 6) is -1.48. The van der Waals surface area contributed by atoms with Gasteiger partial charge in [-0.3, -0.25) is 9.52 Å². The molecule has 1 fully saturated rings. The summed E-state index contributed by atoms with van der Waals surface area (Å²) in [6, 6.07) is 19.2. The maximum absolute atomic E-state index is 13.0. The van der Waals surface area contributed by atoms with E-state index in [-0.39, 0.29) is 22.0 Å². The van der Waals surface area contributed by atoms with Crippen molar-refractivity contribution < 1.29 is 27.9 Å². The molecule has 4 N–H and O–H groups in total. The number of carbonyl (C=O) groups is 2. The summed E-state index contributed by atoms with van der Waals surface area (Å²) in [5.41, 5.74) is 1.64. The molecule has 1 aliphatic rings. The number of anilines is 3. The van der Waals surface area contributed by atoms with Crippen molar-refractivity contribution in [3.05, 3.63) is 78.4 Å². The predicted octanol–water partition coefficient (Wildman–Crippen LogP) is 2.61. The van der Waals surface area contributed by atoms with Gasteiger partial charge in [0.15, 0.2) is 6.61 Å². The van der Waals surface area contributed by atoms with Crippen molar-refractivity contribution >= 4 is 39.0 Å². The Hall–Kier alpha value is -4.09. The minimum Gasteiger partial charge on any atom is -0.482 e. The number of aliphatic carboxylic acids is 1. The molecule has 0 atom stereocenters. The molecule has 0 spiro atoms. The summed E-state index contributed by atoms with van der Waals surface area (Å²) >= 11 is 0. The Morgan fingerprint density at radius 1 is 0.944 bits per heavy atom. The molecule has 0 aromatic heterocycles. The maximum atomic E-state index is 13.0. The summed E-state index contributed by atoms with van der Waals surface area (Å²) < 4.78 is 33.5. The average Bonchev–Trinajstić information content (AvgIpc) is 2.89. The van der Waals surface area contributed by atoms with Crippen LogP contribution in [0, 0.1) is 0 Å². The van der Waals surface area contributed by atoms with Crippen molar-refractivity contribution in [2.45, 2.75) is 4.90 Å². The fourth-order valence-corrected chi connectivity index (χ4v) is 4.79. The van der Waals surface area contributed by atoms with Gasteiger partial charge in [0.2, 0.25) is 0 Å². The van der Waals surface area contributed by atoms with Crippen LogP contribution in [0.15, 0.2) is 77.7 Å². The molecule has 0 unspecified atom stereocenters. The number of hydrogen-bond acceptors (Lipinski definition) is 7. The molecule has 1 heterocycles. The molecule has 0 saturated carbocycles. The molecule has 1 amide bonds. The Kier molecular flexibility index (Phi) is 7.71. The second-order valence-corrected chi connectivity index (χ2v) is 9.73. The molecular weight excluding hydrogens is 484 g/mol. The second kappa shape index (κ2) is 11.1. The molecule has 3 aromatic carbocycles. The van der Waals surface area contributed by atoms with Crippen molar-refractivity contribution in [2.24, 2.45) is 0 Å². The Labute approximate surface area is 208 Å². The smallest absolute Gasteiger partial charge is 0.341 e. The number of hydrogen-bond donors (Lipinski definition) is 4. The highest BCUT2D eigenvalue weighted by atomic mass is 32.2. The zero-order valence-corrected chi connectivity index (χ0v) is 20.1. The third-order valence-corrected chi connectivity index (χ3v) is 6.89. The van der Waals surface area contributed by atoms with Gasteiger partial charge in [0.25, 0.3) is 15.9 Å². The number of carbonyl (C=O) groups excluding carboxylic acids is 1. The molecule has 0 bridgehead atoms. The molecule has 36 heavy (non-hydrogen) atoms. The molecular formula is C25H26N4O6S. The second-order valence-electron chi connectivity index (χ2n) is 8.05. The molecule has 3 aromatic rings. The first kappa shape index (κ1) is 25.0. The number of amides is 1. The van der Waals surface area contributed by atoms with Crippen LogP contribution in [0.25, 0.3) is 0 Å². The minimum absolute atomic E-state index is 0.0302. The van der Waals surface area contributed by atoms with Crippen LogP contribution in [0.1, 0.15) is 10.4 Å². The first-order valence-electron chi connectivity index (χ1n) is 11.3. The van der Waals surface area contributed by atoms with E-state index >= 15 is 0 Å². The summed E-state index contributed by atoms with van der Waals surface area (Å²) in [4.78, 5) is 26.1. The summed E-state index contributed by atoms with van der Waals surface area (Å²) in [5, 5.41) is 14.9. The van der Waals surface area contributed by atoms with E-state index in [0.717, 1.165) is 31.9 Å². The van der Waals surface area contributed by atoms with E-state index in [4.69, 9.17) is 9.84 Å². The van der Waals surface area contributed by atoms with Crippen LogP contribution in [0.3, 0.4) is 0 Å². The number of piperazine rings is 1. The van der Waals surface area contributed by atoms with Crippen LogP contribution in [-0.2, 0) is 14.8 Å². The Morgan fingerprint density at radius 3 is 2.31 bits per heavy atom. The van der Waals surface area contributed by atoms with Gasteiger partial charge in [-0.1, -0.05) is 18.2 Å². The third kappa shape index (κ3) is 6.32. The van der Waals surface area contributed by atoms with Gasteiger partial charge in [-0.15, -0.1) is 0 Å². The van der Waals surface area contributed by atoms with E-state index in [9.17, 15) is 18.0 Å². The maximum Gasteiger partial charge on any atom is 0.341 e. The van der Waals surface area contributed by atoms with Gasteiger partial charge in [-0.2, -0.15) is 0 Å².